The molecule has 0 radical (unpaired) electrons. The highest BCUT2D eigenvalue weighted by atomic mass is 35.5. The van der Waals surface area contributed by atoms with Crippen LogP contribution in [0.25, 0.3) is 11.5 Å². The molecule has 1 aliphatic rings. The second-order valence-corrected chi connectivity index (χ2v) is 8.79. The number of aromatic nitrogens is 2. The Morgan fingerprint density at radius 2 is 1.89 bits per heavy atom. The molecule has 0 saturated carbocycles. The fraction of sp³-hybridized carbons (Fsp3) is 0.400. The van der Waals surface area contributed by atoms with Crippen molar-refractivity contribution in [3.63, 3.8) is 0 Å². The van der Waals surface area contributed by atoms with E-state index in [2.05, 4.69) is 30.8 Å². The van der Waals surface area contributed by atoms with Crippen LogP contribution in [0.2, 0.25) is 5.02 Å². The molecule has 1 aromatic carbocycles. The zero-order chi connectivity index (χ0) is 20.0. The summed E-state index contributed by atoms with van der Waals surface area (Å²) in [6, 6.07) is 3.73. The number of rotatable bonds is 5. The van der Waals surface area contributed by atoms with Crippen molar-refractivity contribution in [3.8, 4) is 23.0 Å². The van der Waals surface area contributed by atoms with Gasteiger partial charge in [0.05, 0.1) is 33.0 Å². The summed E-state index contributed by atoms with van der Waals surface area (Å²) in [5, 5.41) is 1.61. The fourth-order valence-corrected chi connectivity index (χ4v) is 4.43. The monoisotopic (exact) mass is 419 g/mol. The molecular formula is C20H22ClN3O3S. The topological polar surface area (TPSA) is 60.6 Å². The summed E-state index contributed by atoms with van der Waals surface area (Å²) in [6.45, 7) is 9.08. The van der Waals surface area contributed by atoms with Crippen molar-refractivity contribution in [2.75, 3.05) is 13.8 Å². The van der Waals surface area contributed by atoms with Gasteiger partial charge in [-0.2, -0.15) is 0 Å². The van der Waals surface area contributed by atoms with Crippen molar-refractivity contribution in [1.82, 2.24) is 14.9 Å². The Kier molecular flexibility index (Phi) is 5.07. The average Bonchev–Trinajstić information content (AvgIpc) is 3.32. The predicted molar refractivity (Wildman–Crippen MR) is 109 cm³/mol. The number of aryl methyl sites for hydroxylation is 3. The quantitative estimate of drug-likeness (QED) is 0.559. The summed E-state index contributed by atoms with van der Waals surface area (Å²) in [6.07, 6.45) is 0. The van der Waals surface area contributed by atoms with Crippen LogP contribution in [0.5, 0.6) is 11.5 Å². The minimum Gasteiger partial charge on any atom is -0.454 e. The van der Waals surface area contributed by atoms with Crippen LogP contribution in [0.15, 0.2) is 16.5 Å². The molecule has 0 amide bonds. The van der Waals surface area contributed by atoms with E-state index in [0.717, 1.165) is 22.2 Å². The number of thiazole rings is 1. The average molecular weight is 420 g/mol. The zero-order valence-corrected chi connectivity index (χ0v) is 18.1. The van der Waals surface area contributed by atoms with Gasteiger partial charge in [0.15, 0.2) is 11.5 Å². The number of oxazole rings is 1. The van der Waals surface area contributed by atoms with Gasteiger partial charge in [-0.3, -0.25) is 4.90 Å². The molecule has 2 aromatic heterocycles. The maximum atomic E-state index is 6.41. The van der Waals surface area contributed by atoms with Gasteiger partial charge >= 0.3 is 0 Å². The minimum atomic E-state index is 0.179. The van der Waals surface area contributed by atoms with Gasteiger partial charge in [0.2, 0.25) is 12.7 Å². The number of ether oxygens (including phenoxy) is 2. The van der Waals surface area contributed by atoms with E-state index in [1.807, 2.05) is 19.9 Å². The van der Waals surface area contributed by atoms with Crippen LogP contribution in [-0.2, 0) is 6.54 Å². The van der Waals surface area contributed by atoms with Crippen molar-refractivity contribution in [3.05, 3.63) is 44.2 Å². The first-order valence-corrected chi connectivity index (χ1v) is 10.2. The van der Waals surface area contributed by atoms with Crippen LogP contribution in [-0.4, -0.2) is 28.7 Å². The van der Waals surface area contributed by atoms with Gasteiger partial charge in [0.25, 0.3) is 0 Å². The number of hydrogen-bond donors (Lipinski definition) is 0. The van der Waals surface area contributed by atoms with Gasteiger partial charge in [0.1, 0.15) is 5.76 Å². The minimum absolute atomic E-state index is 0.179. The van der Waals surface area contributed by atoms with Crippen LogP contribution in [0.4, 0.5) is 0 Å². The molecule has 3 aromatic rings. The molecule has 1 atom stereocenters. The van der Waals surface area contributed by atoms with Gasteiger partial charge in [-0.15, -0.1) is 11.3 Å². The standard InChI is InChI=1S/C20H22ClN3O3S/c1-10(19-12(3)28-13(4)22-19)24(5)8-16-11(2)27-20(23-16)14-6-17-18(7-15(14)21)26-9-25-17/h6-7,10H,8-9H2,1-5H3/t10-/m0/s1. The molecule has 0 bridgehead atoms. The molecule has 4 rings (SSSR count). The van der Waals surface area contributed by atoms with Gasteiger partial charge in [0, 0.05) is 17.5 Å². The van der Waals surface area contributed by atoms with Gasteiger partial charge < -0.3 is 13.9 Å². The first-order chi connectivity index (χ1) is 13.3. The number of fused-ring (bicyclic) bond motifs is 1. The lowest BCUT2D eigenvalue weighted by molar-refractivity contribution is 0.174. The third-order valence-corrected chi connectivity index (χ3v) is 6.20. The summed E-state index contributed by atoms with van der Waals surface area (Å²) in [5.74, 6) is 2.54. The van der Waals surface area contributed by atoms with Crippen LogP contribution < -0.4 is 9.47 Å². The molecule has 6 nitrogen and oxygen atoms in total. The first kappa shape index (κ1) is 19.2. The normalized spacial score (nSPS) is 14.1. The summed E-state index contributed by atoms with van der Waals surface area (Å²) < 4.78 is 16.7. The van der Waals surface area contributed by atoms with E-state index in [4.69, 9.17) is 30.5 Å². The van der Waals surface area contributed by atoms with Gasteiger partial charge in [-0.05, 0) is 40.8 Å². The Morgan fingerprint density at radius 1 is 1.18 bits per heavy atom. The number of hydrogen-bond acceptors (Lipinski definition) is 7. The third-order valence-electron chi connectivity index (χ3n) is 4.98. The Balaban J connectivity index is 1.57. The molecule has 0 fully saturated rings. The second kappa shape index (κ2) is 7.39. The van der Waals surface area contributed by atoms with E-state index in [1.165, 1.54) is 4.88 Å². The zero-order valence-electron chi connectivity index (χ0n) is 16.5. The Bertz CT molecular complexity index is 1030. The Labute approximate surface area is 173 Å². The van der Waals surface area contributed by atoms with E-state index < -0.39 is 0 Å². The van der Waals surface area contributed by atoms with E-state index in [-0.39, 0.29) is 12.8 Å². The van der Waals surface area contributed by atoms with E-state index in [9.17, 15) is 0 Å². The van der Waals surface area contributed by atoms with Crippen LogP contribution in [0, 0.1) is 20.8 Å². The molecule has 0 spiro atoms. The first-order valence-electron chi connectivity index (χ1n) is 9.03. The molecule has 0 N–H and O–H groups in total. The van der Waals surface area contributed by atoms with Crippen molar-refractivity contribution < 1.29 is 13.9 Å². The highest BCUT2D eigenvalue weighted by Gasteiger charge is 2.23. The molecule has 0 saturated heterocycles. The van der Waals surface area contributed by atoms with Crippen molar-refractivity contribution in [2.45, 2.75) is 40.3 Å². The Hall–Kier alpha value is -2.09. The van der Waals surface area contributed by atoms with Crippen LogP contribution in [0.1, 0.15) is 40.0 Å². The third kappa shape index (κ3) is 3.50. The van der Waals surface area contributed by atoms with Crippen LogP contribution in [0.3, 0.4) is 0 Å². The molecule has 3 heterocycles. The number of halogens is 1. The molecule has 148 valence electrons. The summed E-state index contributed by atoms with van der Waals surface area (Å²) in [7, 11) is 2.07. The molecule has 1 aliphatic heterocycles. The van der Waals surface area contributed by atoms with Gasteiger partial charge in [-0.25, -0.2) is 9.97 Å². The van der Waals surface area contributed by atoms with Crippen LogP contribution >= 0.6 is 22.9 Å². The lowest BCUT2D eigenvalue weighted by Gasteiger charge is -2.23. The van der Waals surface area contributed by atoms with E-state index in [1.54, 1.807) is 17.4 Å². The fourth-order valence-electron chi connectivity index (χ4n) is 3.29. The summed E-state index contributed by atoms with van der Waals surface area (Å²) in [5.41, 5.74) is 2.69. The largest absolute Gasteiger partial charge is 0.454 e. The SMILES string of the molecule is Cc1nc([C@H](C)N(C)Cc2nc(-c3cc4c(cc3Cl)OCO4)oc2C)c(C)s1. The van der Waals surface area contributed by atoms with Crippen molar-refractivity contribution in [1.29, 1.82) is 0 Å². The molecule has 0 unspecified atom stereocenters. The smallest absolute Gasteiger partial charge is 0.231 e. The maximum Gasteiger partial charge on any atom is 0.231 e. The highest BCUT2D eigenvalue weighted by molar-refractivity contribution is 7.11. The lowest BCUT2D eigenvalue weighted by Crippen LogP contribution is -2.23. The molecule has 0 aliphatic carbocycles. The van der Waals surface area contributed by atoms with E-state index >= 15 is 0 Å². The number of benzene rings is 1. The maximum absolute atomic E-state index is 6.41. The van der Waals surface area contributed by atoms with Gasteiger partial charge in [-0.1, -0.05) is 11.6 Å². The molecular weight excluding hydrogens is 398 g/mol. The van der Waals surface area contributed by atoms with Crippen molar-refractivity contribution in [2.24, 2.45) is 0 Å². The Morgan fingerprint density at radius 3 is 2.57 bits per heavy atom. The molecule has 28 heavy (non-hydrogen) atoms. The predicted octanol–water partition coefficient (Wildman–Crippen LogP) is 5.30. The highest BCUT2D eigenvalue weighted by Crippen LogP contribution is 2.41. The summed E-state index contributed by atoms with van der Waals surface area (Å²) in [4.78, 5) is 12.9. The molecule has 8 heteroatoms. The lowest BCUT2D eigenvalue weighted by atomic mass is 10.2. The number of nitrogens with zero attached hydrogens (tertiary/aromatic N) is 3. The second-order valence-electron chi connectivity index (χ2n) is 6.97. The summed E-state index contributed by atoms with van der Waals surface area (Å²) >= 11 is 8.14. The van der Waals surface area contributed by atoms with E-state index in [0.29, 0.717) is 34.5 Å². The van der Waals surface area contributed by atoms with Crippen molar-refractivity contribution >= 4 is 22.9 Å².